The van der Waals surface area contributed by atoms with Gasteiger partial charge in [0.15, 0.2) is 0 Å². The van der Waals surface area contributed by atoms with Crippen LogP contribution < -0.4 is 10.2 Å². The molecule has 0 spiro atoms. The molecule has 144 valence electrons. The molecule has 2 heterocycles. The van der Waals surface area contributed by atoms with Gasteiger partial charge in [-0.2, -0.15) is 4.98 Å². The fourth-order valence-electron chi connectivity index (χ4n) is 3.29. The second-order valence-corrected chi connectivity index (χ2v) is 6.89. The summed E-state index contributed by atoms with van der Waals surface area (Å²) in [5.74, 6) is 0.873. The van der Waals surface area contributed by atoms with Gasteiger partial charge in [0.2, 0.25) is 5.95 Å². The van der Waals surface area contributed by atoms with E-state index < -0.39 is 0 Å². The molecule has 0 aliphatic carbocycles. The minimum atomic E-state index is -0.353. The van der Waals surface area contributed by atoms with Gasteiger partial charge in [0, 0.05) is 29.9 Å². The first-order valence-corrected chi connectivity index (χ1v) is 9.49. The number of aromatic nitrogens is 2. The summed E-state index contributed by atoms with van der Waals surface area (Å²) in [6, 6.07) is 16.8. The highest BCUT2D eigenvalue weighted by atomic mass is 35.5. The molecule has 1 N–H and O–H groups in total. The van der Waals surface area contributed by atoms with Gasteiger partial charge in [-0.1, -0.05) is 48.0 Å². The summed E-state index contributed by atoms with van der Waals surface area (Å²) in [7, 11) is 0. The summed E-state index contributed by atoms with van der Waals surface area (Å²) in [5.41, 5.74) is 1.57. The fraction of sp³-hybridized carbons (Fsp3) is 0.238. The molecule has 1 aliphatic rings. The van der Waals surface area contributed by atoms with Crippen LogP contribution in [0.15, 0.2) is 60.8 Å². The van der Waals surface area contributed by atoms with Crippen LogP contribution >= 0.6 is 11.6 Å². The maximum Gasteiger partial charge on any atom is 0.224 e. The van der Waals surface area contributed by atoms with Crippen molar-refractivity contribution in [3.63, 3.8) is 0 Å². The SMILES string of the molecule is Fc1cccc(Cl)c1CNc1nccc(N2CCOCC2c2ccccc2)n1. The molecule has 2 aromatic carbocycles. The minimum absolute atomic E-state index is 0.0821. The zero-order valence-corrected chi connectivity index (χ0v) is 15.9. The predicted molar refractivity (Wildman–Crippen MR) is 108 cm³/mol. The number of nitrogens with one attached hydrogen (secondary N) is 1. The lowest BCUT2D eigenvalue weighted by Crippen LogP contribution is -2.40. The summed E-state index contributed by atoms with van der Waals surface area (Å²) >= 11 is 6.09. The number of morpholine rings is 1. The first-order valence-electron chi connectivity index (χ1n) is 9.11. The lowest BCUT2D eigenvalue weighted by Gasteiger charge is -2.36. The topological polar surface area (TPSA) is 50.3 Å². The van der Waals surface area contributed by atoms with E-state index in [0.29, 0.717) is 29.7 Å². The highest BCUT2D eigenvalue weighted by Crippen LogP contribution is 2.29. The molecular weight excluding hydrogens is 379 g/mol. The van der Waals surface area contributed by atoms with E-state index in [2.05, 4.69) is 32.3 Å². The van der Waals surface area contributed by atoms with Crippen molar-refractivity contribution in [2.75, 3.05) is 30.0 Å². The Morgan fingerprint density at radius 3 is 2.82 bits per heavy atom. The third kappa shape index (κ3) is 4.08. The average molecular weight is 399 g/mol. The Hall–Kier alpha value is -2.70. The van der Waals surface area contributed by atoms with Gasteiger partial charge in [0.25, 0.3) is 0 Å². The molecule has 0 amide bonds. The summed E-state index contributed by atoms with van der Waals surface area (Å²) in [6.07, 6.45) is 1.70. The number of rotatable bonds is 5. The standard InChI is InChI=1S/C21H20ClFN4O/c22-17-7-4-8-18(23)16(17)13-25-21-24-10-9-20(26-21)27-11-12-28-14-19(27)15-5-2-1-3-6-15/h1-10,19H,11-14H2,(H,24,25,26). The third-order valence-corrected chi connectivity index (χ3v) is 5.09. The van der Waals surface area contributed by atoms with Gasteiger partial charge in [-0.05, 0) is 23.8 Å². The zero-order chi connectivity index (χ0) is 19.3. The van der Waals surface area contributed by atoms with Gasteiger partial charge < -0.3 is 15.0 Å². The fourth-order valence-corrected chi connectivity index (χ4v) is 3.52. The van der Waals surface area contributed by atoms with Crippen molar-refractivity contribution in [3.8, 4) is 0 Å². The van der Waals surface area contributed by atoms with Crippen LogP contribution in [0.3, 0.4) is 0 Å². The number of hydrogen-bond acceptors (Lipinski definition) is 5. The van der Waals surface area contributed by atoms with Crippen LogP contribution in [0, 0.1) is 5.82 Å². The van der Waals surface area contributed by atoms with Gasteiger partial charge in [-0.3, -0.25) is 0 Å². The summed E-state index contributed by atoms with van der Waals surface area (Å²) in [6.45, 7) is 2.18. The number of anilines is 2. The number of benzene rings is 2. The smallest absolute Gasteiger partial charge is 0.224 e. The van der Waals surface area contributed by atoms with E-state index >= 15 is 0 Å². The van der Waals surface area contributed by atoms with Crippen LogP contribution in [-0.4, -0.2) is 29.7 Å². The Morgan fingerprint density at radius 1 is 1.14 bits per heavy atom. The maximum absolute atomic E-state index is 14.0. The Labute approximate surface area is 168 Å². The molecule has 1 aliphatic heterocycles. The maximum atomic E-state index is 14.0. The quantitative estimate of drug-likeness (QED) is 0.687. The molecule has 28 heavy (non-hydrogen) atoms. The van der Waals surface area contributed by atoms with Gasteiger partial charge in [0.1, 0.15) is 11.6 Å². The lowest BCUT2D eigenvalue weighted by molar-refractivity contribution is 0.0937. The molecule has 5 nitrogen and oxygen atoms in total. The van der Waals surface area contributed by atoms with E-state index in [0.717, 1.165) is 12.4 Å². The van der Waals surface area contributed by atoms with Crippen molar-refractivity contribution in [3.05, 3.63) is 82.8 Å². The molecule has 0 saturated carbocycles. The number of ether oxygens (including phenoxy) is 1. The molecule has 1 saturated heterocycles. The Balaban J connectivity index is 1.54. The normalized spacial score (nSPS) is 16.8. The lowest BCUT2D eigenvalue weighted by atomic mass is 10.1. The molecule has 3 aromatic rings. The van der Waals surface area contributed by atoms with Crippen LogP contribution in [0.1, 0.15) is 17.2 Å². The molecule has 1 fully saturated rings. The monoisotopic (exact) mass is 398 g/mol. The number of hydrogen-bond donors (Lipinski definition) is 1. The van der Waals surface area contributed by atoms with E-state index in [1.807, 2.05) is 24.3 Å². The van der Waals surface area contributed by atoms with Crippen LogP contribution in [0.4, 0.5) is 16.2 Å². The van der Waals surface area contributed by atoms with Crippen LogP contribution in [0.5, 0.6) is 0 Å². The van der Waals surface area contributed by atoms with Gasteiger partial charge in [-0.15, -0.1) is 0 Å². The second-order valence-electron chi connectivity index (χ2n) is 6.49. The van der Waals surface area contributed by atoms with Crippen molar-refractivity contribution in [1.82, 2.24) is 9.97 Å². The van der Waals surface area contributed by atoms with Gasteiger partial charge in [0.05, 0.1) is 19.3 Å². The van der Waals surface area contributed by atoms with Crippen molar-refractivity contribution >= 4 is 23.4 Å². The van der Waals surface area contributed by atoms with Crippen molar-refractivity contribution in [1.29, 1.82) is 0 Å². The summed E-state index contributed by atoms with van der Waals surface area (Å²) in [4.78, 5) is 11.1. The Kier molecular flexibility index (Phi) is 5.69. The molecule has 1 atom stereocenters. The molecule has 4 rings (SSSR count). The zero-order valence-electron chi connectivity index (χ0n) is 15.2. The van der Waals surface area contributed by atoms with E-state index in [-0.39, 0.29) is 18.4 Å². The highest BCUT2D eigenvalue weighted by molar-refractivity contribution is 6.31. The molecular formula is C21H20ClFN4O. The first kappa shape index (κ1) is 18.7. The van der Waals surface area contributed by atoms with E-state index in [9.17, 15) is 4.39 Å². The van der Waals surface area contributed by atoms with E-state index in [1.54, 1.807) is 18.3 Å². The summed E-state index contributed by atoms with van der Waals surface area (Å²) in [5, 5.41) is 3.45. The van der Waals surface area contributed by atoms with Crippen LogP contribution in [0.2, 0.25) is 5.02 Å². The van der Waals surface area contributed by atoms with Crippen molar-refractivity contribution < 1.29 is 9.13 Å². The molecule has 7 heteroatoms. The number of halogens is 2. The first-order chi connectivity index (χ1) is 13.7. The Bertz CT molecular complexity index is 920. The summed E-state index contributed by atoms with van der Waals surface area (Å²) < 4.78 is 19.7. The highest BCUT2D eigenvalue weighted by Gasteiger charge is 2.26. The predicted octanol–water partition coefficient (Wildman–Crippen LogP) is 4.46. The van der Waals surface area contributed by atoms with Crippen LogP contribution in [-0.2, 0) is 11.3 Å². The van der Waals surface area contributed by atoms with Gasteiger partial charge >= 0.3 is 0 Å². The second kappa shape index (κ2) is 8.54. The van der Waals surface area contributed by atoms with E-state index in [4.69, 9.17) is 16.3 Å². The molecule has 1 aromatic heterocycles. The number of nitrogens with zero attached hydrogens (tertiary/aromatic N) is 3. The average Bonchev–Trinajstić information content (AvgIpc) is 2.74. The van der Waals surface area contributed by atoms with E-state index in [1.165, 1.54) is 11.6 Å². The largest absolute Gasteiger partial charge is 0.377 e. The molecule has 0 radical (unpaired) electrons. The van der Waals surface area contributed by atoms with Crippen molar-refractivity contribution in [2.45, 2.75) is 12.6 Å². The minimum Gasteiger partial charge on any atom is -0.377 e. The molecule has 0 bridgehead atoms. The molecule has 1 unspecified atom stereocenters. The Morgan fingerprint density at radius 2 is 2.00 bits per heavy atom. The van der Waals surface area contributed by atoms with Gasteiger partial charge in [-0.25, -0.2) is 9.37 Å². The van der Waals surface area contributed by atoms with Crippen molar-refractivity contribution in [2.24, 2.45) is 0 Å². The third-order valence-electron chi connectivity index (χ3n) is 4.73. The van der Waals surface area contributed by atoms with Crippen LogP contribution in [0.25, 0.3) is 0 Å².